The number of thioether (sulfide) groups is 1. The Morgan fingerprint density at radius 2 is 1.75 bits per heavy atom. The van der Waals surface area contributed by atoms with Gasteiger partial charge in [0.15, 0.2) is 15.8 Å². The van der Waals surface area contributed by atoms with Crippen molar-refractivity contribution in [2.45, 2.75) is 6.92 Å². The van der Waals surface area contributed by atoms with Crippen molar-refractivity contribution in [3.8, 4) is 17.2 Å². The maximum absolute atomic E-state index is 13.2. The van der Waals surface area contributed by atoms with Gasteiger partial charge in [-0.25, -0.2) is 4.39 Å². The van der Waals surface area contributed by atoms with Crippen LogP contribution in [0.1, 0.15) is 12.5 Å². The molecule has 0 bridgehead atoms. The first-order valence-electron chi connectivity index (χ1n) is 8.40. The molecule has 0 saturated carbocycles. The van der Waals surface area contributed by atoms with Gasteiger partial charge in [0.1, 0.15) is 5.82 Å². The molecule has 1 fully saturated rings. The van der Waals surface area contributed by atoms with Gasteiger partial charge in [-0.3, -0.25) is 9.69 Å². The summed E-state index contributed by atoms with van der Waals surface area (Å²) in [4.78, 5) is 14.7. The number of carbonyl (C=O) groups is 1. The van der Waals surface area contributed by atoms with Gasteiger partial charge in [-0.2, -0.15) is 0 Å². The second-order valence-electron chi connectivity index (χ2n) is 5.68. The predicted octanol–water partition coefficient (Wildman–Crippen LogP) is 4.65. The van der Waals surface area contributed by atoms with Gasteiger partial charge in [-0.05, 0) is 55.0 Å². The molecule has 146 valence electrons. The summed E-state index contributed by atoms with van der Waals surface area (Å²) >= 11 is 6.52. The van der Waals surface area contributed by atoms with Crippen molar-refractivity contribution in [1.82, 2.24) is 0 Å². The number of hydrogen-bond donors (Lipinski definition) is 0. The van der Waals surface area contributed by atoms with Crippen molar-refractivity contribution in [3.63, 3.8) is 0 Å². The topological polar surface area (TPSA) is 48.0 Å². The lowest BCUT2D eigenvalue weighted by Crippen LogP contribution is -2.27. The molecule has 28 heavy (non-hydrogen) atoms. The van der Waals surface area contributed by atoms with Crippen LogP contribution in [0.25, 0.3) is 6.08 Å². The number of anilines is 1. The average Bonchev–Trinajstić information content (AvgIpc) is 2.96. The van der Waals surface area contributed by atoms with Crippen LogP contribution in [0, 0.1) is 5.82 Å². The van der Waals surface area contributed by atoms with Gasteiger partial charge in [0.05, 0.1) is 31.4 Å². The predicted molar refractivity (Wildman–Crippen MR) is 113 cm³/mol. The van der Waals surface area contributed by atoms with E-state index in [0.29, 0.717) is 44.3 Å². The molecular weight excluding hydrogens is 401 g/mol. The van der Waals surface area contributed by atoms with Gasteiger partial charge in [0.2, 0.25) is 5.75 Å². The average molecular weight is 419 g/mol. The first-order chi connectivity index (χ1) is 13.5. The fourth-order valence-electron chi connectivity index (χ4n) is 2.70. The van der Waals surface area contributed by atoms with Gasteiger partial charge in [-0.15, -0.1) is 0 Å². The largest absolute Gasteiger partial charge is 0.493 e. The molecule has 0 aromatic heterocycles. The van der Waals surface area contributed by atoms with E-state index in [2.05, 4.69) is 0 Å². The first kappa shape index (κ1) is 20.2. The second-order valence-corrected chi connectivity index (χ2v) is 7.36. The molecule has 2 aromatic carbocycles. The highest BCUT2D eigenvalue weighted by Crippen LogP contribution is 2.41. The molecule has 1 heterocycles. The highest BCUT2D eigenvalue weighted by atomic mass is 32.2. The van der Waals surface area contributed by atoms with E-state index in [9.17, 15) is 9.18 Å². The van der Waals surface area contributed by atoms with Crippen LogP contribution in [0.4, 0.5) is 10.1 Å². The molecule has 3 rings (SSSR count). The Morgan fingerprint density at radius 3 is 2.29 bits per heavy atom. The zero-order chi connectivity index (χ0) is 20.3. The van der Waals surface area contributed by atoms with E-state index in [1.54, 1.807) is 18.2 Å². The van der Waals surface area contributed by atoms with Crippen LogP contribution in [0.3, 0.4) is 0 Å². The minimum absolute atomic E-state index is 0.270. The molecule has 0 atom stereocenters. The van der Waals surface area contributed by atoms with Crippen LogP contribution >= 0.6 is 24.0 Å². The number of amides is 1. The zero-order valence-corrected chi connectivity index (χ0v) is 17.2. The Morgan fingerprint density at radius 1 is 1.14 bits per heavy atom. The normalized spacial score (nSPS) is 15.3. The molecule has 0 radical (unpaired) electrons. The van der Waals surface area contributed by atoms with Crippen molar-refractivity contribution < 1.29 is 23.4 Å². The third-order valence-corrected chi connectivity index (χ3v) is 5.25. The lowest BCUT2D eigenvalue weighted by atomic mass is 10.1. The fraction of sp³-hybridized carbons (Fsp3) is 0.200. The molecule has 1 amide bonds. The monoisotopic (exact) mass is 419 g/mol. The van der Waals surface area contributed by atoms with Crippen molar-refractivity contribution in [2.24, 2.45) is 0 Å². The van der Waals surface area contributed by atoms with Crippen LogP contribution in [0.5, 0.6) is 17.2 Å². The molecule has 5 nitrogen and oxygen atoms in total. The van der Waals surface area contributed by atoms with E-state index >= 15 is 0 Å². The lowest BCUT2D eigenvalue weighted by Gasteiger charge is -2.15. The van der Waals surface area contributed by atoms with Gasteiger partial charge in [0, 0.05) is 0 Å². The summed E-state index contributed by atoms with van der Waals surface area (Å²) in [5.74, 6) is 0.859. The van der Waals surface area contributed by atoms with Crippen LogP contribution in [0.15, 0.2) is 41.3 Å². The highest BCUT2D eigenvalue weighted by molar-refractivity contribution is 8.27. The number of halogens is 1. The number of hydrogen-bond acceptors (Lipinski definition) is 6. The Hall–Kier alpha value is -2.58. The van der Waals surface area contributed by atoms with Gasteiger partial charge >= 0.3 is 0 Å². The number of carbonyl (C=O) groups excluding carboxylic acids is 1. The van der Waals surface area contributed by atoms with Crippen LogP contribution < -0.4 is 19.1 Å². The zero-order valence-electron chi connectivity index (χ0n) is 15.5. The van der Waals surface area contributed by atoms with Gasteiger partial charge < -0.3 is 14.2 Å². The molecular formula is C20H18FNO4S2. The number of benzene rings is 2. The first-order valence-corrected chi connectivity index (χ1v) is 9.63. The molecule has 1 aliphatic rings. The maximum Gasteiger partial charge on any atom is 0.270 e. The standard InChI is InChI=1S/C20H18FNO4S2/c1-4-26-18-15(24-2)9-12(10-16(18)25-3)11-17-19(23)22(20(27)28-17)14-7-5-13(21)6-8-14/h5-11H,4H2,1-3H3/b17-11-. The number of ether oxygens (including phenoxy) is 3. The number of nitrogens with zero attached hydrogens (tertiary/aromatic N) is 1. The SMILES string of the molecule is CCOc1c(OC)cc(/C=C2\SC(=S)N(c3ccc(F)cc3)C2=O)cc1OC. The minimum atomic E-state index is -0.377. The molecule has 0 aliphatic carbocycles. The van der Waals surface area contributed by atoms with Crippen molar-refractivity contribution in [2.75, 3.05) is 25.7 Å². The maximum atomic E-state index is 13.2. The Kier molecular flexibility index (Phi) is 6.21. The van der Waals surface area contributed by atoms with E-state index in [1.165, 1.54) is 55.1 Å². The summed E-state index contributed by atoms with van der Waals surface area (Å²) in [6.07, 6.45) is 1.71. The summed E-state index contributed by atoms with van der Waals surface area (Å²) < 4.78 is 29.9. The molecule has 1 aliphatic heterocycles. The third-order valence-electron chi connectivity index (χ3n) is 3.95. The van der Waals surface area contributed by atoms with Crippen LogP contribution in [-0.4, -0.2) is 31.1 Å². The van der Waals surface area contributed by atoms with E-state index in [0.717, 1.165) is 0 Å². The van der Waals surface area contributed by atoms with E-state index < -0.39 is 0 Å². The highest BCUT2D eigenvalue weighted by Gasteiger charge is 2.33. The Balaban J connectivity index is 1.96. The molecule has 0 N–H and O–H groups in total. The molecule has 1 saturated heterocycles. The summed E-state index contributed by atoms with van der Waals surface area (Å²) in [7, 11) is 3.07. The van der Waals surface area contributed by atoms with E-state index in [1.807, 2.05) is 6.92 Å². The fourth-order valence-corrected chi connectivity index (χ4v) is 4.00. The summed E-state index contributed by atoms with van der Waals surface area (Å²) in [6.45, 7) is 2.33. The third kappa shape index (κ3) is 3.98. The van der Waals surface area contributed by atoms with Gasteiger partial charge in [0.25, 0.3) is 5.91 Å². The van der Waals surface area contributed by atoms with Gasteiger partial charge in [-0.1, -0.05) is 24.0 Å². The lowest BCUT2D eigenvalue weighted by molar-refractivity contribution is -0.113. The summed E-state index contributed by atoms with van der Waals surface area (Å²) in [5.41, 5.74) is 1.23. The van der Waals surface area contributed by atoms with Crippen LogP contribution in [-0.2, 0) is 4.79 Å². The Bertz CT molecular complexity index is 919. The molecule has 2 aromatic rings. The van der Waals surface area contributed by atoms with Crippen molar-refractivity contribution in [1.29, 1.82) is 0 Å². The molecule has 0 unspecified atom stereocenters. The molecule has 8 heteroatoms. The second kappa shape index (κ2) is 8.62. The minimum Gasteiger partial charge on any atom is -0.493 e. The number of rotatable bonds is 6. The Labute approximate surface area is 172 Å². The molecule has 0 spiro atoms. The smallest absolute Gasteiger partial charge is 0.270 e. The number of methoxy groups -OCH3 is 2. The van der Waals surface area contributed by atoms with E-state index in [4.69, 9.17) is 26.4 Å². The van der Waals surface area contributed by atoms with Crippen molar-refractivity contribution >= 4 is 46.0 Å². The van der Waals surface area contributed by atoms with Crippen LogP contribution in [0.2, 0.25) is 0 Å². The quantitative estimate of drug-likeness (QED) is 0.502. The summed E-state index contributed by atoms with van der Waals surface area (Å²) in [5, 5.41) is 0. The number of thiocarbonyl (C=S) groups is 1. The van der Waals surface area contributed by atoms with E-state index in [-0.39, 0.29) is 11.7 Å². The summed E-state index contributed by atoms with van der Waals surface area (Å²) in [6, 6.07) is 9.15. The van der Waals surface area contributed by atoms with Crippen molar-refractivity contribution in [3.05, 3.63) is 52.7 Å².